The minimum atomic E-state index is -0.926. The zero-order chi connectivity index (χ0) is 14.7. The highest BCUT2D eigenvalue weighted by Gasteiger charge is 2.08. The van der Waals surface area contributed by atoms with Gasteiger partial charge in [0.25, 0.3) is 0 Å². The molecule has 5 nitrogen and oxygen atoms in total. The molecule has 0 saturated heterocycles. The lowest BCUT2D eigenvalue weighted by atomic mass is 10.1. The molecule has 0 aliphatic rings. The Hall–Kier alpha value is -2.30. The molecule has 0 unspecified atom stereocenters. The average molecular weight is 274 g/mol. The van der Waals surface area contributed by atoms with E-state index in [4.69, 9.17) is 9.84 Å². The van der Waals surface area contributed by atoms with E-state index in [1.54, 1.807) is 25.1 Å². The number of ether oxygens (including phenoxy) is 1. The quantitative estimate of drug-likeness (QED) is 0.910. The van der Waals surface area contributed by atoms with Gasteiger partial charge in [-0.1, -0.05) is 0 Å². The summed E-state index contributed by atoms with van der Waals surface area (Å²) in [5.41, 5.74) is 1.82. The van der Waals surface area contributed by atoms with Gasteiger partial charge in [-0.25, -0.2) is 4.79 Å². The summed E-state index contributed by atoms with van der Waals surface area (Å²) in [5, 5.41) is 13.4. The molecule has 20 heavy (non-hydrogen) atoms. The molecule has 0 spiro atoms. The molecule has 0 amide bonds. The highest BCUT2D eigenvalue weighted by molar-refractivity contribution is 5.89. The van der Waals surface area contributed by atoms with E-state index in [1.807, 2.05) is 16.9 Å². The molecule has 0 bridgehead atoms. The van der Waals surface area contributed by atoms with Crippen LogP contribution in [0.4, 0.5) is 0 Å². The Kier molecular flexibility index (Phi) is 4.08. The number of nitrogens with zero attached hydrogens (tertiary/aromatic N) is 2. The standard InChI is InChI=1S/C15H18N2O3/c1-10(2)17-7-6-12(16-17)9-20-13-4-5-14(15(18)19)11(3)8-13/h4-8,10H,9H2,1-3H3,(H,18,19). The third kappa shape index (κ3) is 3.17. The Labute approximate surface area is 117 Å². The van der Waals surface area contributed by atoms with E-state index in [-0.39, 0.29) is 0 Å². The fraction of sp³-hybridized carbons (Fsp3) is 0.333. The molecule has 0 fully saturated rings. The number of aryl methyl sites for hydroxylation is 1. The second kappa shape index (κ2) is 5.77. The van der Waals surface area contributed by atoms with Gasteiger partial charge in [0, 0.05) is 12.2 Å². The fourth-order valence-corrected chi connectivity index (χ4v) is 1.87. The van der Waals surface area contributed by atoms with Crippen LogP contribution in [-0.2, 0) is 6.61 Å². The lowest BCUT2D eigenvalue weighted by Crippen LogP contribution is -2.04. The van der Waals surface area contributed by atoms with Crippen molar-refractivity contribution in [2.75, 3.05) is 0 Å². The monoisotopic (exact) mass is 274 g/mol. The number of aromatic carboxylic acids is 1. The van der Waals surface area contributed by atoms with Gasteiger partial charge >= 0.3 is 5.97 Å². The van der Waals surface area contributed by atoms with Crippen molar-refractivity contribution in [2.45, 2.75) is 33.4 Å². The van der Waals surface area contributed by atoms with Gasteiger partial charge in [0.15, 0.2) is 0 Å². The molecule has 0 aliphatic carbocycles. The van der Waals surface area contributed by atoms with Gasteiger partial charge in [0.1, 0.15) is 12.4 Å². The smallest absolute Gasteiger partial charge is 0.335 e. The molecule has 0 radical (unpaired) electrons. The van der Waals surface area contributed by atoms with Crippen molar-refractivity contribution in [3.8, 4) is 5.75 Å². The number of carboxylic acids is 1. The summed E-state index contributed by atoms with van der Waals surface area (Å²) in [5.74, 6) is -0.281. The summed E-state index contributed by atoms with van der Waals surface area (Å²) in [7, 11) is 0. The number of aromatic nitrogens is 2. The van der Waals surface area contributed by atoms with Crippen molar-refractivity contribution in [3.05, 3.63) is 47.3 Å². The zero-order valence-corrected chi connectivity index (χ0v) is 11.8. The summed E-state index contributed by atoms with van der Waals surface area (Å²) in [6.07, 6.45) is 1.92. The summed E-state index contributed by atoms with van der Waals surface area (Å²) < 4.78 is 7.50. The number of hydrogen-bond donors (Lipinski definition) is 1. The maximum Gasteiger partial charge on any atom is 0.335 e. The summed E-state index contributed by atoms with van der Waals surface area (Å²) >= 11 is 0. The fourth-order valence-electron chi connectivity index (χ4n) is 1.87. The Morgan fingerprint density at radius 3 is 2.70 bits per heavy atom. The van der Waals surface area contributed by atoms with E-state index in [0.29, 0.717) is 29.5 Å². The Balaban J connectivity index is 2.03. The first-order chi connectivity index (χ1) is 9.47. The van der Waals surface area contributed by atoms with Crippen molar-refractivity contribution in [1.82, 2.24) is 9.78 Å². The third-order valence-electron chi connectivity index (χ3n) is 3.01. The van der Waals surface area contributed by atoms with Gasteiger partial charge in [-0.3, -0.25) is 4.68 Å². The molecular weight excluding hydrogens is 256 g/mol. The molecule has 1 heterocycles. The largest absolute Gasteiger partial charge is 0.487 e. The first-order valence-electron chi connectivity index (χ1n) is 6.48. The number of hydrogen-bond acceptors (Lipinski definition) is 3. The van der Waals surface area contributed by atoms with E-state index in [0.717, 1.165) is 5.69 Å². The average Bonchev–Trinajstić information content (AvgIpc) is 2.85. The number of carboxylic acid groups (broad SMARTS) is 1. The normalized spacial score (nSPS) is 10.8. The first kappa shape index (κ1) is 14.1. The summed E-state index contributed by atoms with van der Waals surface area (Å²) in [4.78, 5) is 10.9. The number of benzene rings is 1. The zero-order valence-electron chi connectivity index (χ0n) is 11.8. The van der Waals surface area contributed by atoms with Gasteiger partial charge in [-0.05, 0) is 50.6 Å². The van der Waals surface area contributed by atoms with Crippen LogP contribution in [0.1, 0.15) is 41.5 Å². The molecule has 1 aromatic heterocycles. The topological polar surface area (TPSA) is 64.4 Å². The van der Waals surface area contributed by atoms with E-state index in [1.165, 1.54) is 0 Å². The highest BCUT2D eigenvalue weighted by Crippen LogP contribution is 2.18. The number of rotatable bonds is 5. The molecule has 0 atom stereocenters. The van der Waals surface area contributed by atoms with Crippen LogP contribution < -0.4 is 4.74 Å². The maximum absolute atomic E-state index is 10.9. The van der Waals surface area contributed by atoms with Gasteiger partial charge in [0.2, 0.25) is 0 Å². The predicted octanol–water partition coefficient (Wildman–Crippen LogP) is 3.05. The Bertz CT molecular complexity index is 617. The van der Waals surface area contributed by atoms with Crippen LogP contribution in [0, 0.1) is 6.92 Å². The van der Waals surface area contributed by atoms with Crippen molar-refractivity contribution in [1.29, 1.82) is 0 Å². The van der Waals surface area contributed by atoms with Gasteiger partial charge in [-0.2, -0.15) is 5.10 Å². The van der Waals surface area contributed by atoms with Gasteiger partial charge < -0.3 is 9.84 Å². The minimum absolute atomic E-state index is 0.293. The molecule has 2 aromatic rings. The highest BCUT2D eigenvalue weighted by atomic mass is 16.5. The van der Waals surface area contributed by atoms with E-state index < -0.39 is 5.97 Å². The van der Waals surface area contributed by atoms with Crippen molar-refractivity contribution in [2.24, 2.45) is 0 Å². The van der Waals surface area contributed by atoms with Crippen LogP contribution in [0.15, 0.2) is 30.5 Å². The lowest BCUT2D eigenvalue weighted by Gasteiger charge is -2.07. The second-order valence-electron chi connectivity index (χ2n) is 4.95. The molecule has 1 N–H and O–H groups in total. The molecule has 0 aliphatic heterocycles. The third-order valence-corrected chi connectivity index (χ3v) is 3.01. The minimum Gasteiger partial charge on any atom is -0.487 e. The van der Waals surface area contributed by atoms with Crippen LogP contribution in [0.25, 0.3) is 0 Å². The second-order valence-corrected chi connectivity index (χ2v) is 4.95. The van der Waals surface area contributed by atoms with Gasteiger partial charge in [0.05, 0.1) is 11.3 Å². The lowest BCUT2D eigenvalue weighted by molar-refractivity contribution is 0.0696. The van der Waals surface area contributed by atoms with Crippen molar-refractivity contribution in [3.63, 3.8) is 0 Å². The summed E-state index contributed by atoms with van der Waals surface area (Å²) in [6.45, 7) is 6.24. The molecule has 5 heteroatoms. The molecule has 0 saturated carbocycles. The predicted molar refractivity (Wildman–Crippen MR) is 75.1 cm³/mol. The van der Waals surface area contributed by atoms with E-state index >= 15 is 0 Å². The number of carbonyl (C=O) groups is 1. The van der Waals surface area contributed by atoms with Crippen LogP contribution in [-0.4, -0.2) is 20.9 Å². The van der Waals surface area contributed by atoms with Crippen molar-refractivity contribution >= 4 is 5.97 Å². The van der Waals surface area contributed by atoms with E-state index in [9.17, 15) is 4.79 Å². The molecule has 106 valence electrons. The van der Waals surface area contributed by atoms with Crippen LogP contribution in [0.3, 0.4) is 0 Å². The van der Waals surface area contributed by atoms with E-state index in [2.05, 4.69) is 18.9 Å². The molecule has 1 aromatic carbocycles. The summed E-state index contributed by atoms with van der Waals surface area (Å²) in [6, 6.07) is 7.18. The SMILES string of the molecule is Cc1cc(OCc2ccn(C(C)C)n2)ccc1C(=O)O. The van der Waals surface area contributed by atoms with Gasteiger partial charge in [-0.15, -0.1) is 0 Å². The first-order valence-corrected chi connectivity index (χ1v) is 6.48. The molecular formula is C15H18N2O3. The van der Waals surface area contributed by atoms with Crippen LogP contribution in [0.2, 0.25) is 0 Å². The van der Waals surface area contributed by atoms with Crippen LogP contribution in [0.5, 0.6) is 5.75 Å². The maximum atomic E-state index is 10.9. The Morgan fingerprint density at radius 1 is 1.40 bits per heavy atom. The Morgan fingerprint density at radius 2 is 2.15 bits per heavy atom. The molecule has 2 rings (SSSR count). The van der Waals surface area contributed by atoms with Crippen molar-refractivity contribution < 1.29 is 14.6 Å². The van der Waals surface area contributed by atoms with Crippen LogP contribution >= 0.6 is 0 Å².